The number of nitriles is 1. The van der Waals surface area contributed by atoms with Gasteiger partial charge in [0.05, 0.1) is 16.6 Å². The number of benzene rings is 3. The Balaban J connectivity index is 1.69. The lowest BCUT2D eigenvalue weighted by atomic mass is 10.1. The summed E-state index contributed by atoms with van der Waals surface area (Å²) in [6.07, 6.45) is 1.71. The molecule has 0 atom stereocenters. The zero-order valence-electron chi connectivity index (χ0n) is 15.2. The number of nitrogens with one attached hydrogen (secondary N) is 1. The Hall–Kier alpha value is -3.43. The van der Waals surface area contributed by atoms with Gasteiger partial charge >= 0.3 is 0 Å². The van der Waals surface area contributed by atoms with E-state index in [0.717, 1.165) is 15.6 Å². The normalized spacial score (nSPS) is 11.4. The summed E-state index contributed by atoms with van der Waals surface area (Å²) in [5.74, 6) is 0.660. The molecule has 142 valence electrons. The van der Waals surface area contributed by atoms with Crippen molar-refractivity contribution in [2.75, 3.05) is 0 Å². The van der Waals surface area contributed by atoms with E-state index in [1.54, 1.807) is 12.1 Å². The van der Waals surface area contributed by atoms with Crippen molar-refractivity contribution in [3.05, 3.63) is 94.0 Å². The van der Waals surface area contributed by atoms with Crippen molar-refractivity contribution in [1.82, 2.24) is 9.97 Å². The minimum absolute atomic E-state index is 0.323. The highest BCUT2D eigenvalue weighted by Crippen LogP contribution is 2.28. The molecular weight excluding hydrogens is 433 g/mol. The van der Waals surface area contributed by atoms with E-state index in [1.165, 1.54) is 12.1 Å². The lowest BCUT2D eigenvalue weighted by molar-refractivity contribution is 0.305. The first-order chi connectivity index (χ1) is 14.1. The van der Waals surface area contributed by atoms with Crippen LogP contribution in [0.3, 0.4) is 0 Å². The number of rotatable bonds is 5. The SMILES string of the molecule is N#C/C(=C/c1cc(Br)ccc1OCc1ccccc1)c1nc2ccc(F)cc2[nH]1. The monoisotopic (exact) mass is 447 g/mol. The molecule has 0 aliphatic heterocycles. The van der Waals surface area contributed by atoms with Gasteiger partial charge in [0.1, 0.15) is 30.1 Å². The molecule has 4 nitrogen and oxygen atoms in total. The number of allylic oxidation sites excluding steroid dienone is 1. The minimum Gasteiger partial charge on any atom is -0.488 e. The van der Waals surface area contributed by atoms with Crippen molar-refractivity contribution in [3.8, 4) is 11.8 Å². The van der Waals surface area contributed by atoms with Gasteiger partial charge in [-0.2, -0.15) is 5.26 Å². The third-order valence-corrected chi connectivity index (χ3v) is 4.82. The van der Waals surface area contributed by atoms with Crippen LogP contribution in [0.4, 0.5) is 4.39 Å². The van der Waals surface area contributed by atoms with Gasteiger partial charge in [-0.05, 0) is 48.0 Å². The number of hydrogen-bond acceptors (Lipinski definition) is 3. The molecule has 0 saturated heterocycles. The van der Waals surface area contributed by atoms with E-state index >= 15 is 0 Å². The number of H-pyrrole nitrogens is 1. The van der Waals surface area contributed by atoms with Crippen LogP contribution in [-0.4, -0.2) is 9.97 Å². The fourth-order valence-corrected chi connectivity index (χ4v) is 3.30. The molecule has 4 aromatic rings. The van der Waals surface area contributed by atoms with Gasteiger partial charge < -0.3 is 9.72 Å². The molecule has 29 heavy (non-hydrogen) atoms. The molecule has 0 unspecified atom stereocenters. The molecule has 3 aromatic carbocycles. The van der Waals surface area contributed by atoms with E-state index in [9.17, 15) is 9.65 Å². The van der Waals surface area contributed by atoms with Crippen molar-refractivity contribution in [3.63, 3.8) is 0 Å². The Morgan fingerprint density at radius 1 is 1.14 bits per heavy atom. The number of halogens is 2. The van der Waals surface area contributed by atoms with Crippen molar-refractivity contribution in [2.45, 2.75) is 6.61 Å². The second-order valence-electron chi connectivity index (χ2n) is 6.37. The van der Waals surface area contributed by atoms with Gasteiger partial charge in [-0.25, -0.2) is 9.37 Å². The van der Waals surface area contributed by atoms with Crippen LogP contribution in [0, 0.1) is 17.1 Å². The number of imidazole rings is 1. The number of nitrogens with zero attached hydrogens (tertiary/aromatic N) is 2. The summed E-state index contributed by atoms with van der Waals surface area (Å²) in [6.45, 7) is 0.412. The minimum atomic E-state index is -0.362. The maximum atomic E-state index is 13.4. The first-order valence-electron chi connectivity index (χ1n) is 8.86. The molecule has 0 spiro atoms. The predicted octanol–water partition coefficient (Wildman–Crippen LogP) is 6.11. The molecule has 1 heterocycles. The largest absolute Gasteiger partial charge is 0.488 e. The highest BCUT2D eigenvalue weighted by Gasteiger charge is 2.11. The van der Waals surface area contributed by atoms with Crippen LogP contribution in [0.1, 0.15) is 17.0 Å². The topological polar surface area (TPSA) is 61.7 Å². The third-order valence-electron chi connectivity index (χ3n) is 4.33. The summed E-state index contributed by atoms with van der Waals surface area (Å²) in [5, 5.41) is 9.68. The molecule has 1 aromatic heterocycles. The second kappa shape index (κ2) is 8.29. The predicted molar refractivity (Wildman–Crippen MR) is 114 cm³/mol. The molecule has 0 fully saturated rings. The van der Waals surface area contributed by atoms with E-state index in [-0.39, 0.29) is 5.82 Å². The lowest BCUT2D eigenvalue weighted by Crippen LogP contribution is -1.97. The Labute approximate surface area is 175 Å². The van der Waals surface area contributed by atoms with Gasteiger partial charge in [0.15, 0.2) is 0 Å². The summed E-state index contributed by atoms with van der Waals surface area (Å²) in [6, 6.07) is 21.9. The van der Waals surface area contributed by atoms with Gasteiger partial charge in [0.2, 0.25) is 0 Å². The third kappa shape index (κ3) is 4.36. The van der Waals surface area contributed by atoms with E-state index in [0.29, 0.717) is 34.8 Å². The van der Waals surface area contributed by atoms with Crippen molar-refractivity contribution < 1.29 is 9.13 Å². The number of hydrogen-bond donors (Lipinski definition) is 1. The second-order valence-corrected chi connectivity index (χ2v) is 7.29. The average Bonchev–Trinajstić information content (AvgIpc) is 3.15. The van der Waals surface area contributed by atoms with E-state index in [4.69, 9.17) is 4.74 Å². The maximum Gasteiger partial charge on any atom is 0.149 e. The summed E-state index contributed by atoms with van der Waals surface area (Å²) < 4.78 is 20.3. The van der Waals surface area contributed by atoms with Gasteiger partial charge in [-0.15, -0.1) is 0 Å². The van der Waals surface area contributed by atoms with Crippen molar-refractivity contribution in [2.24, 2.45) is 0 Å². The smallest absolute Gasteiger partial charge is 0.149 e. The zero-order chi connectivity index (χ0) is 20.2. The summed E-state index contributed by atoms with van der Waals surface area (Å²) in [5.41, 5.74) is 3.24. The zero-order valence-corrected chi connectivity index (χ0v) is 16.8. The Bertz CT molecular complexity index is 1240. The molecule has 4 rings (SSSR count). The average molecular weight is 448 g/mol. The van der Waals surface area contributed by atoms with E-state index in [2.05, 4.69) is 32.0 Å². The van der Waals surface area contributed by atoms with Gasteiger partial charge in [-0.1, -0.05) is 46.3 Å². The Morgan fingerprint density at radius 2 is 1.97 bits per heavy atom. The molecule has 0 radical (unpaired) electrons. The van der Waals surface area contributed by atoms with E-state index in [1.807, 2.05) is 48.5 Å². The number of fused-ring (bicyclic) bond motifs is 1. The van der Waals surface area contributed by atoms with Crippen molar-refractivity contribution >= 4 is 38.6 Å². The van der Waals surface area contributed by atoms with Crippen LogP contribution in [0.5, 0.6) is 5.75 Å². The number of ether oxygens (including phenoxy) is 1. The van der Waals surface area contributed by atoms with Crippen LogP contribution < -0.4 is 4.74 Å². The van der Waals surface area contributed by atoms with Crippen LogP contribution in [0.25, 0.3) is 22.7 Å². The molecule has 1 N–H and O–H groups in total. The summed E-state index contributed by atoms with van der Waals surface area (Å²) in [7, 11) is 0. The fourth-order valence-electron chi connectivity index (χ4n) is 2.92. The first kappa shape index (κ1) is 18.9. The van der Waals surface area contributed by atoms with E-state index < -0.39 is 0 Å². The van der Waals surface area contributed by atoms with Gasteiger partial charge in [-0.3, -0.25) is 0 Å². The van der Waals surface area contributed by atoms with Crippen LogP contribution in [0.2, 0.25) is 0 Å². The van der Waals surface area contributed by atoms with Crippen LogP contribution in [-0.2, 0) is 6.61 Å². The van der Waals surface area contributed by atoms with Crippen molar-refractivity contribution in [1.29, 1.82) is 5.26 Å². The molecule has 0 bridgehead atoms. The quantitative estimate of drug-likeness (QED) is 0.375. The number of aromatic amines is 1. The van der Waals surface area contributed by atoms with Gasteiger partial charge in [0, 0.05) is 10.0 Å². The maximum absolute atomic E-state index is 13.4. The summed E-state index contributed by atoms with van der Waals surface area (Å²) >= 11 is 3.46. The standard InChI is InChI=1S/C23H15BrFN3O/c24-18-6-9-22(29-14-15-4-2-1-3-5-15)16(11-18)10-17(13-26)23-27-20-8-7-19(25)12-21(20)28-23/h1-12H,14H2,(H,27,28)/b17-10-. The van der Waals surface area contributed by atoms with Gasteiger partial charge in [0.25, 0.3) is 0 Å². The fraction of sp³-hybridized carbons (Fsp3) is 0.0435. The Morgan fingerprint density at radius 3 is 2.76 bits per heavy atom. The Kier molecular flexibility index (Phi) is 5.41. The highest BCUT2D eigenvalue weighted by atomic mass is 79.9. The highest BCUT2D eigenvalue weighted by molar-refractivity contribution is 9.10. The number of aromatic nitrogens is 2. The summed E-state index contributed by atoms with van der Waals surface area (Å²) in [4.78, 5) is 7.41. The molecule has 0 saturated carbocycles. The molecule has 6 heteroatoms. The molecular formula is C23H15BrFN3O. The lowest BCUT2D eigenvalue weighted by Gasteiger charge is -2.10. The van der Waals surface area contributed by atoms with Crippen LogP contribution in [0.15, 0.2) is 71.2 Å². The molecule has 0 aliphatic rings. The van der Waals surface area contributed by atoms with Crippen LogP contribution >= 0.6 is 15.9 Å². The molecule has 0 aliphatic carbocycles. The first-order valence-corrected chi connectivity index (χ1v) is 9.65. The molecule has 0 amide bonds.